The van der Waals surface area contributed by atoms with Crippen LogP contribution in [0.25, 0.3) is 0 Å². The van der Waals surface area contributed by atoms with E-state index in [1.54, 1.807) is 19.0 Å². The molecule has 0 spiro atoms. The van der Waals surface area contributed by atoms with Crippen molar-refractivity contribution in [2.24, 2.45) is 5.92 Å². The molecule has 0 aromatic heterocycles. The first-order valence-corrected chi connectivity index (χ1v) is 8.67. The van der Waals surface area contributed by atoms with Crippen LogP contribution in [0.5, 0.6) is 0 Å². The highest BCUT2D eigenvalue weighted by Gasteiger charge is 2.34. The number of hydrogen-bond acceptors (Lipinski definition) is 3. The Morgan fingerprint density at radius 2 is 1.78 bits per heavy atom. The average molecular weight is 428 g/mol. The molecule has 2 aliphatic heterocycles. The van der Waals surface area contributed by atoms with Gasteiger partial charge in [-0.2, -0.15) is 13.2 Å². The molecule has 2 saturated heterocycles. The number of carbonyl (C=O) groups is 1. The van der Waals surface area contributed by atoms with Crippen LogP contribution < -0.4 is 15.5 Å². The predicted octanol–water partition coefficient (Wildman–Crippen LogP) is 4.47. The first-order chi connectivity index (χ1) is 11.7. The lowest BCUT2D eigenvalue weighted by molar-refractivity contribution is -0.137. The molecule has 0 aliphatic carbocycles. The predicted molar refractivity (Wildman–Crippen MR) is 106 cm³/mol. The summed E-state index contributed by atoms with van der Waals surface area (Å²) in [6.45, 7) is 0. The van der Waals surface area contributed by atoms with Gasteiger partial charge in [0.15, 0.2) is 0 Å². The summed E-state index contributed by atoms with van der Waals surface area (Å²) in [5, 5.41) is 6.23. The van der Waals surface area contributed by atoms with E-state index >= 15 is 0 Å². The van der Waals surface area contributed by atoms with Crippen LogP contribution in [-0.4, -0.2) is 32.1 Å². The van der Waals surface area contributed by atoms with Crippen LogP contribution in [0.4, 0.5) is 24.5 Å². The highest BCUT2D eigenvalue weighted by Crippen LogP contribution is 2.36. The van der Waals surface area contributed by atoms with Crippen LogP contribution in [0.1, 0.15) is 37.7 Å². The molecule has 0 saturated carbocycles. The van der Waals surface area contributed by atoms with Gasteiger partial charge in [0.1, 0.15) is 0 Å². The van der Waals surface area contributed by atoms with Crippen LogP contribution in [0.3, 0.4) is 0 Å². The summed E-state index contributed by atoms with van der Waals surface area (Å²) in [6, 6.07) is 4.42. The smallest absolute Gasteiger partial charge is 0.376 e. The Balaban J connectivity index is 0.00000182. The van der Waals surface area contributed by atoms with Gasteiger partial charge in [-0.3, -0.25) is 4.79 Å². The molecule has 2 atom stereocenters. The molecule has 0 radical (unpaired) electrons. The highest BCUT2D eigenvalue weighted by molar-refractivity contribution is 5.94. The van der Waals surface area contributed by atoms with E-state index in [1.807, 2.05) is 0 Å². The zero-order chi connectivity index (χ0) is 18.2. The van der Waals surface area contributed by atoms with E-state index in [9.17, 15) is 18.0 Å². The number of halogens is 5. The zero-order valence-corrected chi connectivity index (χ0v) is 16.9. The fourth-order valence-electron chi connectivity index (χ4n) is 4.01. The number of anilines is 2. The molecule has 3 rings (SSSR count). The topological polar surface area (TPSA) is 44.4 Å². The molecule has 27 heavy (non-hydrogen) atoms. The lowest BCUT2D eigenvalue weighted by atomic mass is 9.89. The molecular weight excluding hydrogens is 402 g/mol. The number of piperidine rings is 1. The number of alkyl halides is 3. The second kappa shape index (κ2) is 9.34. The average Bonchev–Trinajstić information content (AvgIpc) is 2.84. The van der Waals surface area contributed by atoms with Gasteiger partial charge in [-0.15, -0.1) is 24.8 Å². The SMILES string of the molecule is CN(C)c1ccc(C(F)(F)F)cc1NC(=O)CC1CC2CCC(C1)N2.Cl.Cl. The summed E-state index contributed by atoms with van der Waals surface area (Å²) in [5.41, 5.74) is 0.0155. The maximum absolute atomic E-state index is 13.0. The summed E-state index contributed by atoms with van der Waals surface area (Å²) in [6.07, 6.45) is 0.166. The molecule has 2 unspecified atom stereocenters. The van der Waals surface area contributed by atoms with E-state index < -0.39 is 11.7 Å². The second-order valence-electron chi connectivity index (χ2n) is 7.35. The maximum Gasteiger partial charge on any atom is 0.416 e. The van der Waals surface area contributed by atoms with Crippen molar-refractivity contribution < 1.29 is 18.0 Å². The molecule has 2 fully saturated rings. The maximum atomic E-state index is 13.0. The molecule has 1 amide bonds. The van der Waals surface area contributed by atoms with Crippen LogP contribution in [-0.2, 0) is 11.0 Å². The lowest BCUT2D eigenvalue weighted by Crippen LogP contribution is -2.39. The molecule has 2 bridgehead atoms. The Labute approximate surface area is 170 Å². The van der Waals surface area contributed by atoms with Gasteiger partial charge in [0.2, 0.25) is 5.91 Å². The second-order valence-corrected chi connectivity index (χ2v) is 7.35. The van der Waals surface area contributed by atoms with Crippen LogP contribution in [0, 0.1) is 5.92 Å². The number of benzene rings is 1. The van der Waals surface area contributed by atoms with Crippen molar-refractivity contribution in [1.82, 2.24) is 5.32 Å². The first kappa shape index (κ1) is 23.9. The molecule has 9 heteroatoms. The number of hydrogen-bond donors (Lipinski definition) is 2. The van der Waals surface area contributed by atoms with E-state index in [1.165, 1.54) is 6.07 Å². The van der Waals surface area contributed by atoms with Crippen LogP contribution in [0.15, 0.2) is 18.2 Å². The van der Waals surface area contributed by atoms with Gasteiger partial charge in [0.25, 0.3) is 0 Å². The molecule has 2 N–H and O–H groups in total. The fraction of sp³-hybridized carbons (Fsp3) is 0.611. The number of rotatable bonds is 4. The minimum Gasteiger partial charge on any atom is -0.376 e. The van der Waals surface area contributed by atoms with Gasteiger partial charge >= 0.3 is 6.18 Å². The van der Waals surface area contributed by atoms with Crippen molar-refractivity contribution in [1.29, 1.82) is 0 Å². The normalized spacial score (nSPS) is 23.8. The number of nitrogens with zero attached hydrogens (tertiary/aromatic N) is 1. The standard InChI is InChI=1S/C18H24F3N3O.2ClH/c1-24(2)16-6-3-12(18(19,20)21)10-15(16)23-17(25)9-11-7-13-4-5-14(8-11)22-13;;/h3,6,10-11,13-14,22H,4-5,7-9H2,1-2H3,(H,23,25);2*1H. The van der Waals surface area contributed by atoms with Crippen molar-refractivity contribution in [3.8, 4) is 0 Å². The number of nitrogens with one attached hydrogen (secondary N) is 2. The number of amides is 1. The van der Waals surface area contributed by atoms with E-state index in [0.717, 1.165) is 37.8 Å². The van der Waals surface area contributed by atoms with Gasteiger partial charge in [-0.25, -0.2) is 0 Å². The summed E-state index contributed by atoms with van der Waals surface area (Å²) in [4.78, 5) is 14.1. The van der Waals surface area contributed by atoms with Gasteiger partial charge in [-0.1, -0.05) is 0 Å². The minimum atomic E-state index is -4.43. The Morgan fingerprint density at radius 1 is 1.19 bits per heavy atom. The van der Waals surface area contributed by atoms with Gasteiger partial charge in [0, 0.05) is 32.6 Å². The molecule has 1 aromatic rings. The van der Waals surface area contributed by atoms with Crippen molar-refractivity contribution in [2.75, 3.05) is 24.3 Å². The zero-order valence-electron chi connectivity index (χ0n) is 15.3. The Morgan fingerprint density at radius 3 is 2.30 bits per heavy atom. The van der Waals surface area contributed by atoms with E-state index in [2.05, 4.69) is 10.6 Å². The fourth-order valence-corrected chi connectivity index (χ4v) is 4.01. The summed E-state index contributed by atoms with van der Waals surface area (Å²) in [5.74, 6) is 0.0843. The van der Waals surface area contributed by atoms with Crippen LogP contribution >= 0.6 is 24.8 Å². The lowest BCUT2D eigenvalue weighted by Gasteiger charge is -2.29. The molecule has 1 aromatic carbocycles. The summed E-state index contributed by atoms with van der Waals surface area (Å²) in [7, 11) is 3.48. The number of carbonyl (C=O) groups excluding carboxylic acids is 1. The van der Waals surface area contributed by atoms with E-state index in [0.29, 0.717) is 30.1 Å². The van der Waals surface area contributed by atoms with Crippen molar-refractivity contribution in [3.63, 3.8) is 0 Å². The van der Waals surface area contributed by atoms with E-state index in [4.69, 9.17) is 0 Å². The third kappa shape index (κ3) is 5.90. The largest absolute Gasteiger partial charge is 0.416 e. The van der Waals surface area contributed by atoms with Gasteiger partial charge in [-0.05, 0) is 49.8 Å². The molecule has 154 valence electrons. The molecule has 2 heterocycles. The third-order valence-corrected chi connectivity index (χ3v) is 5.12. The molecule has 4 nitrogen and oxygen atoms in total. The quantitative estimate of drug-likeness (QED) is 0.744. The Bertz CT molecular complexity index is 643. The Hall–Kier alpha value is -1.18. The van der Waals surface area contributed by atoms with Crippen molar-refractivity contribution >= 4 is 42.1 Å². The monoisotopic (exact) mass is 427 g/mol. The van der Waals surface area contributed by atoms with Crippen molar-refractivity contribution in [2.45, 2.75) is 50.4 Å². The Kier molecular flexibility index (Phi) is 8.26. The first-order valence-electron chi connectivity index (χ1n) is 8.67. The highest BCUT2D eigenvalue weighted by atomic mass is 35.5. The molecule has 2 aliphatic rings. The minimum absolute atomic E-state index is 0. The molecular formula is C18H26Cl2F3N3O. The number of fused-ring (bicyclic) bond motifs is 2. The van der Waals surface area contributed by atoms with Crippen molar-refractivity contribution in [3.05, 3.63) is 23.8 Å². The van der Waals surface area contributed by atoms with Gasteiger partial charge in [0.05, 0.1) is 16.9 Å². The summed E-state index contributed by atoms with van der Waals surface area (Å²) < 4.78 is 38.9. The van der Waals surface area contributed by atoms with E-state index in [-0.39, 0.29) is 36.4 Å². The van der Waals surface area contributed by atoms with Gasteiger partial charge < -0.3 is 15.5 Å². The third-order valence-electron chi connectivity index (χ3n) is 5.12. The summed E-state index contributed by atoms with van der Waals surface area (Å²) >= 11 is 0. The van der Waals surface area contributed by atoms with Crippen LogP contribution in [0.2, 0.25) is 0 Å².